The summed E-state index contributed by atoms with van der Waals surface area (Å²) < 4.78 is 0. The van der Waals surface area contributed by atoms with E-state index in [4.69, 9.17) is 5.84 Å². The molecule has 0 radical (unpaired) electrons. The van der Waals surface area contributed by atoms with E-state index in [1.165, 1.54) is 44.9 Å². The van der Waals surface area contributed by atoms with Crippen LogP contribution in [-0.4, -0.2) is 6.04 Å². The minimum atomic E-state index is 0.553. The standard InChI is InChI=1S/C14H30N2/c1-4-12-6-5-7-13(10-12)14(16-15)9-8-11(2)3/h11-14,16H,4-10,15H2,1-3H3. The molecule has 0 aromatic carbocycles. The van der Waals surface area contributed by atoms with Crippen LogP contribution in [0.2, 0.25) is 0 Å². The first kappa shape index (κ1) is 14.0. The number of nitrogens with one attached hydrogen (secondary N) is 1. The molecule has 3 atom stereocenters. The van der Waals surface area contributed by atoms with Crippen molar-refractivity contribution in [2.24, 2.45) is 23.6 Å². The van der Waals surface area contributed by atoms with Gasteiger partial charge in [-0.3, -0.25) is 11.3 Å². The quantitative estimate of drug-likeness (QED) is 0.537. The van der Waals surface area contributed by atoms with Crippen LogP contribution in [0.3, 0.4) is 0 Å². The van der Waals surface area contributed by atoms with Gasteiger partial charge >= 0.3 is 0 Å². The Morgan fingerprint density at radius 3 is 2.56 bits per heavy atom. The highest BCUT2D eigenvalue weighted by Crippen LogP contribution is 2.34. The molecule has 0 aromatic heterocycles. The third-order valence-electron chi connectivity index (χ3n) is 4.24. The van der Waals surface area contributed by atoms with Crippen LogP contribution in [0.5, 0.6) is 0 Å². The second-order valence-corrected chi connectivity index (χ2v) is 5.95. The van der Waals surface area contributed by atoms with Gasteiger partial charge in [-0.15, -0.1) is 0 Å². The average Bonchev–Trinajstić information content (AvgIpc) is 2.30. The third-order valence-corrected chi connectivity index (χ3v) is 4.24. The molecule has 1 rings (SSSR count). The molecule has 96 valence electrons. The van der Waals surface area contributed by atoms with Gasteiger partial charge in [0.1, 0.15) is 0 Å². The summed E-state index contributed by atoms with van der Waals surface area (Å²) in [4.78, 5) is 0. The first-order chi connectivity index (χ1) is 7.67. The van der Waals surface area contributed by atoms with Crippen molar-refractivity contribution in [2.45, 2.75) is 71.8 Å². The van der Waals surface area contributed by atoms with Crippen LogP contribution < -0.4 is 11.3 Å². The van der Waals surface area contributed by atoms with Gasteiger partial charge < -0.3 is 0 Å². The topological polar surface area (TPSA) is 38.0 Å². The van der Waals surface area contributed by atoms with E-state index in [0.29, 0.717) is 6.04 Å². The zero-order valence-electron chi connectivity index (χ0n) is 11.3. The van der Waals surface area contributed by atoms with Gasteiger partial charge in [0, 0.05) is 6.04 Å². The summed E-state index contributed by atoms with van der Waals surface area (Å²) in [6.07, 6.45) is 9.50. The number of hydrogen-bond donors (Lipinski definition) is 2. The Kier molecular flexibility index (Phi) is 6.37. The predicted molar refractivity (Wildman–Crippen MR) is 70.9 cm³/mol. The van der Waals surface area contributed by atoms with Crippen molar-refractivity contribution in [3.63, 3.8) is 0 Å². The fourth-order valence-corrected chi connectivity index (χ4v) is 3.04. The van der Waals surface area contributed by atoms with Crippen molar-refractivity contribution in [1.82, 2.24) is 5.43 Å². The molecule has 0 aliphatic heterocycles. The molecule has 16 heavy (non-hydrogen) atoms. The van der Waals surface area contributed by atoms with Crippen molar-refractivity contribution >= 4 is 0 Å². The van der Waals surface area contributed by atoms with Gasteiger partial charge in [0.25, 0.3) is 0 Å². The second kappa shape index (κ2) is 7.29. The van der Waals surface area contributed by atoms with Crippen LogP contribution in [0, 0.1) is 17.8 Å². The molecule has 1 fully saturated rings. The van der Waals surface area contributed by atoms with Crippen molar-refractivity contribution < 1.29 is 0 Å². The van der Waals surface area contributed by atoms with Crippen molar-refractivity contribution in [3.8, 4) is 0 Å². The lowest BCUT2D eigenvalue weighted by Crippen LogP contribution is -2.42. The van der Waals surface area contributed by atoms with E-state index in [0.717, 1.165) is 17.8 Å². The maximum atomic E-state index is 5.73. The van der Waals surface area contributed by atoms with Gasteiger partial charge in [-0.1, -0.05) is 40.0 Å². The number of rotatable bonds is 6. The fourth-order valence-electron chi connectivity index (χ4n) is 3.04. The summed E-state index contributed by atoms with van der Waals surface area (Å²) in [7, 11) is 0. The normalized spacial score (nSPS) is 28.3. The lowest BCUT2D eigenvalue weighted by molar-refractivity contribution is 0.197. The molecule has 0 bridgehead atoms. The van der Waals surface area contributed by atoms with Gasteiger partial charge in [0.05, 0.1) is 0 Å². The van der Waals surface area contributed by atoms with Crippen LogP contribution >= 0.6 is 0 Å². The summed E-state index contributed by atoms with van der Waals surface area (Å²) in [5, 5.41) is 0. The summed E-state index contributed by atoms with van der Waals surface area (Å²) in [5.41, 5.74) is 3.07. The first-order valence-electron chi connectivity index (χ1n) is 7.13. The minimum absolute atomic E-state index is 0.553. The maximum absolute atomic E-state index is 5.73. The molecule has 2 nitrogen and oxygen atoms in total. The summed E-state index contributed by atoms with van der Waals surface area (Å²) in [6, 6.07) is 0.553. The molecule has 0 spiro atoms. The predicted octanol–water partition coefficient (Wildman–Crippen LogP) is 3.47. The molecule has 0 heterocycles. The highest BCUT2D eigenvalue weighted by molar-refractivity contribution is 4.81. The Bertz CT molecular complexity index is 180. The molecular weight excluding hydrogens is 196 g/mol. The molecular formula is C14H30N2. The minimum Gasteiger partial charge on any atom is -0.271 e. The lowest BCUT2D eigenvalue weighted by Gasteiger charge is -2.34. The van der Waals surface area contributed by atoms with E-state index in [1.807, 2.05) is 0 Å². The van der Waals surface area contributed by atoms with E-state index in [-0.39, 0.29) is 0 Å². The van der Waals surface area contributed by atoms with Gasteiger partial charge in [0.2, 0.25) is 0 Å². The SMILES string of the molecule is CCC1CCCC(C(CCC(C)C)NN)C1. The molecule has 3 unspecified atom stereocenters. The van der Waals surface area contributed by atoms with Crippen molar-refractivity contribution in [1.29, 1.82) is 0 Å². The molecule has 3 N–H and O–H groups in total. The summed E-state index contributed by atoms with van der Waals surface area (Å²) >= 11 is 0. The van der Waals surface area contributed by atoms with E-state index in [2.05, 4.69) is 26.2 Å². The molecule has 2 heteroatoms. The highest BCUT2D eigenvalue weighted by Gasteiger charge is 2.26. The van der Waals surface area contributed by atoms with Gasteiger partial charge in [-0.2, -0.15) is 0 Å². The van der Waals surface area contributed by atoms with Crippen molar-refractivity contribution in [2.75, 3.05) is 0 Å². The fraction of sp³-hybridized carbons (Fsp3) is 1.00. The zero-order valence-corrected chi connectivity index (χ0v) is 11.3. The summed E-state index contributed by atoms with van der Waals surface area (Å²) in [5.74, 6) is 8.29. The van der Waals surface area contributed by atoms with Crippen LogP contribution in [-0.2, 0) is 0 Å². The second-order valence-electron chi connectivity index (χ2n) is 5.95. The van der Waals surface area contributed by atoms with Crippen LogP contribution in [0.1, 0.15) is 65.7 Å². The van der Waals surface area contributed by atoms with E-state index in [1.54, 1.807) is 0 Å². The number of hydrazine groups is 1. The van der Waals surface area contributed by atoms with Gasteiger partial charge in [-0.05, 0) is 43.4 Å². The Balaban J connectivity index is 2.38. The smallest absolute Gasteiger partial charge is 0.0238 e. The Morgan fingerprint density at radius 1 is 1.25 bits per heavy atom. The maximum Gasteiger partial charge on any atom is 0.0238 e. The van der Waals surface area contributed by atoms with E-state index < -0.39 is 0 Å². The number of nitrogens with two attached hydrogens (primary N) is 1. The molecule has 0 amide bonds. The molecule has 1 aliphatic carbocycles. The molecule has 0 saturated heterocycles. The molecule has 0 aromatic rings. The first-order valence-corrected chi connectivity index (χ1v) is 7.13. The Hall–Kier alpha value is -0.0800. The van der Waals surface area contributed by atoms with Crippen LogP contribution in [0.4, 0.5) is 0 Å². The Morgan fingerprint density at radius 2 is 2.00 bits per heavy atom. The molecule has 1 aliphatic rings. The van der Waals surface area contributed by atoms with Gasteiger partial charge in [0.15, 0.2) is 0 Å². The molecule has 1 saturated carbocycles. The zero-order chi connectivity index (χ0) is 12.0. The largest absolute Gasteiger partial charge is 0.271 e. The van der Waals surface area contributed by atoms with E-state index >= 15 is 0 Å². The monoisotopic (exact) mass is 226 g/mol. The van der Waals surface area contributed by atoms with E-state index in [9.17, 15) is 0 Å². The number of hydrogen-bond acceptors (Lipinski definition) is 2. The lowest BCUT2D eigenvalue weighted by atomic mass is 9.75. The highest BCUT2D eigenvalue weighted by atomic mass is 15.2. The van der Waals surface area contributed by atoms with Gasteiger partial charge in [-0.25, -0.2) is 0 Å². The Labute approximate surface area is 101 Å². The van der Waals surface area contributed by atoms with Crippen LogP contribution in [0.15, 0.2) is 0 Å². The third kappa shape index (κ3) is 4.42. The van der Waals surface area contributed by atoms with Crippen LogP contribution in [0.25, 0.3) is 0 Å². The summed E-state index contributed by atoms with van der Waals surface area (Å²) in [6.45, 7) is 6.92. The average molecular weight is 226 g/mol. The van der Waals surface area contributed by atoms with Crippen molar-refractivity contribution in [3.05, 3.63) is 0 Å².